The van der Waals surface area contributed by atoms with Crippen LogP contribution in [0.15, 0.2) is 24.3 Å². The first-order valence-electron chi connectivity index (χ1n) is 4.68. The van der Waals surface area contributed by atoms with Crippen LogP contribution in [0.4, 0.5) is 5.69 Å². The highest BCUT2D eigenvalue weighted by molar-refractivity contribution is 9.10. The molecule has 0 saturated carbocycles. The van der Waals surface area contributed by atoms with Crippen molar-refractivity contribution in [2.45, 2.75) is 11.2 Å². The average Bonchev–Trinajstić information content (AvgIpc) is 2.60. The molecule has 0 radical (unpaired) electrons. The van der Waals surface area contributed by atoms with Gasteiger partial charge in [0.05, 0.1) is 16.5 Å². The van der Waals surface area contributed by atoms with Crippen molar-refractivity contribution in [3.63, 3.8) is 0 Å². The molecule has 3 nitrogen and oxygen atoms in total. The largest absolute Gasteiger partial charge is 0.311 e. The Kier molecular flexibility index (Phi) is 2.74. The van der Waals surface area contributed by atoms with Gasteiger partial charge < -0.3 is 4.90 Å². The molecule has 1 aromatic rings. The lowest BCUT2D eigenvalue weighted by Crippen LogP contribution is -2.26. The van der Waals surface area contributed by atoms with E-state index in [1.54, 1.807) is 17.0 Å². The lowest BCUT2D eigenvalue weighted by molar-refractivity contribution is -0.116. The van der Waals surface area contributed by atoms with E-state index < -0.39 is 0 Å². The molecule has 0 unspecified atom stereocenters. The molecule has 1 aliphatic heterocycles. The van der Waals surface area contributed by atoms with Crippen molar-refractivity contribution in [2.75, 3.05) is 11.4 Å². The Bertz CT molecular complexity index is 421. The first-order chi connectivity index (χ1) is 7.22. The summed E-state index contributed by atoms with van der Waals surface area (Å²) in [5.41, 5.74) is 1.47. The van der Waals surface area contributed by atoms with Gasteiger partial charge in [-0.3, -0.25) is 4.79 Å². The zero-order valence-electron chi connectivity index (χ0n) is 7.98. The summed E-state index contributed by atoms with van der Waals surface area (Å²) in [4.78, 5) is 13.3. The van der Waals surface area contributed by atoms with E-state index >= 15 is 0 Å². The van der Waals surface area contributed by atoms with Crippen molar-refractivity contribution >= 4 is 27.5 Å². The average molecular weight is 265 g/mol. The molecule has 76 valence electrons. The number of benzene rings is 1. The Balaban J connectivity index is 2.24. The Morgan fingerprint density at radius 1 is 1.40 bits per heavy atom. The molecule has 0 aromatic heterocycles. The number of carbonyl (C=O) groups excluding carboxylic acids is 1. The second-order valence-electron chi connectivity index (χ2n) is 3.40. The van der Waals surface area contributed by atoms with Gasteiger partial charge in [-0.25, -0.2) is 0 Å². The van der Waals surface area contributed by atoms with Gasteiger partial charge in [-0.15, -0.1) is 0 Å². The highest BCUT2D eigenvalue weighted by Crippen LogP contribution is 2.25. The Morgan fingerprint density at radius 2 is 2.07 bits per heavy atom. The predicted molar refractivity (Wildman–Crippen MR) is 60.8 cm³/mol. The summed E-state index contributed by atoms with van der Waals surface area (Å²) in [6.07, 6.45) is 0.832. The first kappa shape index (κ1) is 10.2. The van der Waals surface area contributed by atoms with Gasteiger partial charge >= 0.3 is 0 Å². The first-order valence-corrected chi connectivity index (χ1v) is 5.59. The molecule has 4 heteroatoms. The minimum Gasteiger partial charge on any atom is -0.311 e. The standard InChI is InChI=1S/C11H9BrN2O/c12-10-5-6-14(11(10)15)9-3-1-8(7-13)2-4-9/h1-4,10H,5-6H2/t10-/m0/s1. The number of amides is 1. The van der Waals surface area contributed by atoms with E-state index in [0.29, 0.717) is 5.56 Å². The fourth-order valence-electron chi connectivity index (χ4n) is 1.62. The molecular weight excluding hydrogens is 256 g/mol. The summed E-state index contributed by atoms with van der Waals surface area (Å²) < 4.78 is 0. The van der Waals surface area contributed by atoms with Crippen molar-refractivity contribution in [1.82, 2.24) is 0 Å². The third kappa shape index (κ3) is 1.88. The highest BCUT2D eigenvalue weighted by Gasteiger charge is 2.30. The third-order valence-corrected chi connectivity index (χ3v) is 3.30. The summed E-state index contributed by atoms with van der Waals surface area (Å²) >= 11 is 3.33. The maximum Gasteiger partial charge on any atom is 0.240 e. The van der Waals surface area contributed by atoms with Crippen LogP contribution in [0.25, 0.3) is 0 Å². The van der Waals surface area contributed by atoms with Gasteiger partial charge in [0, 0.05) is 12.2 Å². The molecule has 1 saturated heterocycles. The number of hydrogen-bond donors (Lipinski definition) is 0. The number of nitrogens with zero attached hydrogens (tertiary/aromatic N) is 2. The molecule has 1 atom stereocenters. The quantitative estimate of drug-likeness (QED) is 0.729. The van der Waals surface area contributed by atoms with Crippen molar-refractivity contribution in [2.24, 2.45) is 0 Å². The smallest absolute Gasteiger partial charge is 0.240 e. The van der Waals surface area contributed by atoms with Crippen molar-refractivity contribution in [1.29, 1.82) is 5.26 Å². The van der Waals surface area contributed by atoms with Crippen molar-refractivity contribution in [3.05, 3.63) is 29.8 Å². The van der Waals surface area contributed by atoms with Crippen LogP contribution in [0.3, 0.4) is 0 Å². The van der Waals surface area contributed by atoms with Gasteiger partial charge in [0.25, 0.3) is 0 Å². The minimum atomic E-state index is -0.0619. The van der Waals surface area contributed by atoms with E-state index in [2.05, 4.69) is 22.0 Å². The van der Waals surface area contributed by atoms with Gasteiger partial charge in [0.15, 0.2) is 0 Å². The van der Waals surface area contributed by atoms with Crippen LogP contribution in [-0.4, -0.2) is 17.3 Å². The molecule has 1 aliphatic rings. The van der Waals surface area contributed by atoms with Gasteiger partial charge in [-0.2, -0.15) is 5.26 Å². The van der Waals surface area contributed by atoms with Gasteiger partial charge in [0.2, 0.25) is 5.91 Å². The van der Waals surface area contributed by atoms with E-state index in [1.807, 2.05) is 12.1 Å². The summed E-state index contributed by atoms with van der Waals surface area (Å²) in [6.45, 7) is 0.737. The van der Waals surface area contributed by atoms with E-state index in [-0.39, 0.29) is 10.7 Å². The zero-order valence-corrected chi connectivity index (χ0v) is 9.57. The second-order valence-corrected chi connectivity index (χ2v) is 4.51. The molecule has 1 heterocycles. The van der Waals surface area contributed by atoms with Gasteiger partial charge in [-0.1, -0.05) is 15.9 Å². The van der Waals surface area contributed by atoms with Gasteiger partial charge in [-0.05, 0) is 30.7 Å². The molecular formula is C11H9BrN2O. The molecule has 0 aliphatic carbocycles. The molecule has 2 rings (SSSR count). The van der Waals surface area contributed by atoms with Gasteiger partial charge in [0.1, 0.15) is 0 Å². The van der Waals surface area contributed by atoms with E-state index in [1.165, 1.54) is 0 Å². The predicted octanol–water partition coefficient (Wildman–Crippen LogP) is 2.06. The lowest BCUT2D eigenvalue weighted by atomic mass is 10.2. The van der Waals surface area contributed by atoms with Crippen LogP contribution in [-0.2, 0) is 4.79 Å². The van der Waals surface area contributed by atoms with Crippen LogP contribution in [0.5, 0.6) is 0 Å². The number of halogens is 1. The van der Waals surface area contributed by atoms with Crippen molar-refractivity contribution in [3.8, 4) is 6.07 Å². The van der Waals surface area contributed by atoms with Crippen LogP contribution >= 0.6 is 15.9 Å². The molecule has 0 spiro atoms. The van der Waals surface area contributed by atoms with Crippen LogP contribution in [0.1, 0.15) is 12.0 Å². The molecule has 15 heavy (non-hydrogen) atoms. The SMILES string of the molecule is N#Cc1ccc(N2CC[C@H](Br)C2=O)cc1. The third-order valence-electron chi connectivity index (χ3n) is 2.45. The van der Waals surface area contributed by atoms with E-state index in [4.69, 9.17) is 5.26 Å². The Labute approximate surface area is 96.4 Å². The molecule has 1 amide bonds. The number of carbonyl (C=O) groups is 1. The summed E-state index contributed by atoms with van der Waals surface area (Å²) in [6, 6.07) is 9.12. The maximum atomic E-state index is 11.7. The van der Waals surface area contributed by atoms with Crippen LogP contribution in [0, 0.1) is 11.3 Å². The molecule has 0 bridgehead atoms. The minimum absolute atomic E-state index is 0.0619. The number of alkyl halides is 1. The number of anilines is 1. The summed E-state index contributed by atoms with van der Waals surface area (Å²) in [5, 5.41) is 8.65. The lowest BCUT2D eigenvalue weighted by Gasteiger charge is -2.15. The summed E-state index contributed by atoms with van der Waals surface area (Å²) in [7, 11) is 0. The highest BCUT2D eigenvalue weighted by atomic mass is 79.9. The second kappa shape index (κ2) is 4.03. The fraction of sp³-hybridized carbons (Fsp3) is 0.273. The van der Waals surface area contributed by atoms with Crippen LogP contribution < -0.4 is 4.90 Å². The summed E-state index contributed by atoms with van der Waals surface area (Å²) in [5.74, 6) is 0.0970. The maximum absolute atomic E-state index is 11.7. The number of hydrogen-bond acceptors (Lipinski definition) is 2. The Hall–Kier alpha value is -1.34. The number of nitriles is 1. The normalized spacial score (nSPS) is 20.4. The topological polar surface area (TPSA) is 44.1 Å². The molecule has 1 aromatic carbocycles. The van der Waals surface area contributed by atoms with E-state index in [0.717, 1.165) is 18.7 Å². The van der Waals surface area contributed by atoms with Crippen molar-refractivity contribution < 1.29 is 4.79 Å². The molecule has 1 fully saturated rings. The monoisotopic (exact) mass is 264 g/mol. The van der Waals surface area contributed by atoms with E-state index in [9.17, 15) is 4.79 Å². The van der Waals surface area contributed by atoms with Crippen LogP contribution in [0.2, 0.25) is 0 Å². The fourth-order valence-corrected chi connectivity index (χ4v) is 2.07. The zero-order chi connectivity index (χ0) is 10.8. The molecule has 0 N–H and O–H groups in total. The Morgan fingerprint density at radius 3 is 2.53 bits per heavy atom. The number of rotatable bonds is 1.